The van der Waals surface area contributed by atoms with Gasteiger partial charge in [-0.15, -0.1) is 10.2 Å². The van der Waals surface area contributed by atoms with Gasteiger partial charge in [-0.25, -0.2) is 0 Å². The summed E-state index contributed by atoms with van der Waals surface area (Å²) in [5.74, 6) is 2.13. The minimum Gasteiger partial charge on any atom is -0.486 e. The Hall–Kier alpha value is -2.02. The maximum absolute atomic E-state index is 12.5. The second-order valence-corrected chi connectivity index (χ2v) is 7.72. The van der Waals surface area contributed by atoms with Gasteiger partial charge in [0.2, 0.25) is 5.91 Å². The summed E-state index contributed by atoms with van der Waals surface area (Å²) in [5.41, 5.74) is 1.20. The highest BCUT2D eigenvalue weighted by atomic mass is 32.2. The number of aryl methyl sites for hydroxylation is 1. The Bertz CT molecular complexity index is 744. The number of benzene rings is 1. The minimum atomic E-state index is 0.183. The Labute approximate surface area is 158 Å². The number of rotatable bonds is 6. The number of thioether (sulfide) groups is 1. The largest absolute Gasteiger partial charge is 0.486 e. The average molecular weight is 375 g/mol. The molecule has 0 spiro atoms. The zero-order chi connectivity index (χ0) is 18.5. The summed E-state index contributed by atoms with van der Waals surface area (Å²) in [6.07, 6.45) is 3.41. The summed E-state index contributed by atoms with van der Waals surface area (Å²) >= 11 is 1.44. The number of nitrogens with zero attached hydrogens (tertiary/aromatic N) is 4. The van der Waals surface area contributed by atoms with E-state index in [2.05, 4.69) is 17.1 Å². The third-order valence-corrected chi connectivity index (χ3v) is 5.77. The minimum absolute atomic E-state index is 0.183. The van der Waals surface area contributed by atoms with Crippen LogP contribution in [0.5, 0.6) is 5.75 Å². The predicted octanol–water partition coefficient (Wildman–Crippen LogP) is 3.20. The van der Waals surface area contributed by atoms with E-state index < -0.39 is 0 Å². The number of ether oxygens (including phenoxy) is 1. The molecule has 1 aromatic carbocycles. The first-order valence-corrected chi connectivity index (χ1v) is 10.0. The second-order valence-electron chi connectivity index (χ2n) is 6.78. The predicted molar refractivity (Wildman–Crippen MR) is 102 cm³/mol. The van der Waals surface area contributed by atoms with Crippen LogP contribution in [-0.4, -0.2) is 43.9 Å². The molecule has 0 bridgehead atoms. The summed E-state index contributed by atoms with van der Waals surface area (Å²) in [6, 6.07) is 8.26. The van der Waals surface area contributed by atoms with Crippen molar-refractivity contribution in [1.82, 2.24) is 19.7 Å². The number of hydrogen-bond acceptors (Lipinski definition) is 5. The van der Waals surface area contributed by atoms with Gasteiger partial charge < -0.3 is 14.2 Å². The van der Waals surface area contributed by atoms with Gasteiger partial charge in [0.05, 0.1) is 5.75 Å². The molecule has 0 aliphatic carbocycles. The van der Waals surface area contributed by atoms with Gasteiger partial charge in [-0.3, -0.25) is 4.79 Å². The summed E-state index contributed by atoms with van der Waals surface area (Å²) in [6.45, 7) is 5.39. The van der Waals surface area contributed by atoms with Crippen LogP contribution in [0.25, 0.3) is 0 Å². The lowest BCUT2D eigenvalue weighted by molar-refractivity contribution is -0.131. The number of piperidine rings is 1. The van der Waals surface area contributed by atoms with Gasteiger partial charge >= 0.3 is 0 Å². The lowest BCUT2D eigenvalue weighted by Gasteiger charge is -2.33. The van der Waals surface area contributed by atoms with Gasteiger partial charge in [0.1, 0.15) is 12.4 Å². The summed E-state index contributed by atoms with van der Waals surface area (Å²) < 4.78 is 7.66. The molecule has 2 heterocycles. The highest BCUT2D eigenvalue weighted by Gasteiger charge is 2.23. The van der Waals surface area contributed by atoms with E-state index in [-0.39, 0.29) is 5.91 Å². The van der Waals surface area contributed by atoms with E-state index >= 15 is 0 Å². The number of carbonyl (C=O) groups is 1. The van der Waals surface area contributed by atoms with Gasteiger partial charge in [-0.1, -0.05) is 29.5 Å². The highest BCUT2D eigenvalue weighted by molar-refractivity contribution is 7.99. The van der Waals surface area contributed by atoms with Crippen molar-refractivity contribution in [2.75, 3.05) is 12.3 Å². The molecule has 1 atom stereocenters. The van der Waals surface area contributed by atoms with Crippen LogP contribution >= 0.6 is 11.8 Å². The van der Waals surface area contributed by atoms with Crippen molar-refractivity contribution < 1.29 is 9.53 Å². The van der Waals surface area contributed by atoms with Crippen LogP contribution < -0.4 is 4.74 Å². The van der Waals surface area contributed by atoms with Crippen LogP contribution in [-0.2, 0) is 18.4 Å². The van der Waals surface area contributed by atoms with Crippen molar-refractivity contribution in [1.29, 1.82) is 0 Å². The van der Waals surface area contributed by atoms with E-state index in [1.54, 1.807) is 0 Å². The highest BCUT2D eigenvalue weighted by Crippen LogP contribution is 2.21. The zero-order valence-electron chi connectivity index (χ0n) is 15.6. The maximum atomic E-state index is 12.5. The van der Waals surface area contributed by atoms with Gasteiger partial charge in [0.15, 0.2) is 11.0 Å². The number of hydrogen-bond donors (Lipinski definition) is 0. The van der Waals surface area contributed by atoms with Crippen LogP contribution in [0.2, 0.25) is 0 Å². The molecule has 1 fully saturated rings. The Kier molecular flexibility index (Phi) is 6.19. The Morgan fingerprint density at radius 3 is 2.77 bits per heavy atom. The quantitative estimate of drug-likeness (QED) is 0.727. The molecule has 1 saturated heterocycles. The smallest absolute Gasteiger partial charge is 0.233 e. The summed E-state index contributed by atoms with van der Waals surface area (Å²) in [4.78, 5) is 14.5. The molecule has 1 aliphatic heterocycles. The molecule has 2 aromatic rings. The normalized spacial score (nSPS) is 17.3. The molecular weight excluding hydrogens is 348 g/mol. The maximum Gasteiger partial charge on any atom is 0.233 e. The molecule has 0 radical (unpaired) electrons. The third kappa shape index (κ3) is 4.58. The zero-order valence-corrected chi connectivity index (χ0v) is 16.5. The van der Waals surface area contributed by atoms with Crippen molar-refractivity contribution in [3.8, 4) is 5.75 Å². The standard InChI is InChI=1S/C19H26N4O2S/c1-14-7-9-16(10-8-14)25-12-17-20-21-19(22(17)3)26-13-18(24)23-11-5-4-6-15(23)2/h7-10,15H,4-6,11-13H2,1-3H3. The summed E-state index contributed by atoms with van der Waals surface area (Å²) in [5, 5.41) is 9.14. The molecule has 7 heteroatoms. The first kappa shape index (κ1) is 18.8. The molecule has 1 aliphatic rings. The van der Waals surface area contributed by atoms with Gasteiger partial charge in [0.25, 0.3) is 0 Å². The fourth-order valence-corrected chi connectivity index (χ4v) is 3.87. The van der Waals surface area contributed by atoms with E-state index in [9.17, 15) is 4.79 Å². The van der Waals surface area contributed by atoms with Crippen LogP contribution in [0.1, 0.15) is 37.6 Å². The molecule has 140 valence electrons. The number of aromatic nitrogens is 3. The van der Waals surface area contributed by atoms with E-state index in [0.29, 0.717) is 18.4 Å². The third-order valence-electron chi connectivity index (χ3n) is 4.76. The molecule has 1 unspecified atom stereocenters. The van der Waals surface area contributed by atoms with Gasteiger partial charge in [-0.2, -0.15) is 0 Å². The molecule has 26 heavy (non-hydrogen) atoms. The molecule has 3 rings (SSSR count). The van der Waals surface area contributed by atoms with Crippen LogP contribution in [0.15, 0.2) is 29.4 Å². The number of amides is 1. The fraction of sp³-hybridized carbons (Fsp3) is 0.526. The fourth-order valence-electron chi connectivity index (χ4n) is 3.06. The van der Waals surface area contributed by atoms with Crippen molar-refractivity contribution in [2.45, 2.75) is 50.9 Å². The SMILES string of the molecule is Cc1ccc(OCc2nnc(SCC(=O)N3CCCCC3C)n2C)cc1. The molecule has 1 amide bonds. The van der Waals surface area contributed by atoms with Crippen molar-refractivity contribution >= 4 is 17.7 Å². The van der Waals surface area contributed by atoms with Crippen LogP contribution in [0, 0.1) is 6.92 Å². The first-order chi connectivity index (χ1) is 12.5. The Morgan fingerprint density at radius 1 is 1.27 bits per heavy atom. The van der Waals surface area contributed by atoms with E-state index in [1.807, 2.05) is 47.7 Å². The second kappa shape index (κ2) is 8.58. The van der Waals surface area contributed by atoms with Gasteiger partial charge in [0, 0.05) is 19.6 Å². The lowest BCUT2D eigenvalue weighted by atomic mass is 10.0. The molecule has 1 aromatic heterocycles. The van der Waals surface area contributed by atoms with E-state index in [1.165, 1.54) is 23.7 Å². The van der Waals surface area contributed by atoms with Crippen molar-refractivity contribution in [3.05, 3.63) is 35.7 Å². The van der Waals surface area contributed by atoms with Crippen molar-refractivity contribution in [3.63, 3.8) is 0 Å². The number of likely N-dealkylation sites (tertiary alicyclic amines) is 1. The van der Waals surface area contributed by atoms with Crippen LogP contribution in [0.4, 0.5) is 0 Å². The van der Waals surface area contributed by atoms with E-state index in [4.69, 9.17) is 4.74 Å². The topological polar surface area (TPSA) is 60.3 Å². The lowest BCUT2D eigenvalue weighted by Crippen LogP contribution is -2.42. The molecular formula is C19H26N4O2S. The first-order valence-electron chi connectivity index (χ1n) is 9.04. The molecule has 0 N–H and O–H groups in total. The summed E-state index contributed by atoms with van der Waals surface area (Å²) in [7, 11) is 1.91. The Balaban J connectivity index is 1.53. The monoisotopic (exact) mass is 374 g/mol. The van der Waals surface area contributed by atoms with Crippen LogP contribution in [0.3, 0.4) is 0 Å². The molecule has 6 nitrogen and oxygen atoms in total. The average Bonchev–Trinajstić information content (AvgIpc) is 2.99. The Morgan fingerprint density at radius 2 is 2.04 bits per heavy atom. The molecule has 0 saturated carbocycles. The van der Waals surface area contributed by atoms with E-state index in [0.717, 1.165) is 36.1 Å². The van der Waals surface area contributed by atoms with Crippen molar-refractivity contribution in [2.24, 2.45) is 7.05 Å². The van der Waals surface area contributed by atoms with Gasteiger partial charge in [-0.05, 0) is 45.2 Å². The number of carbonyl (C=O) groups excluding carboxylic acids is 1.